The zero-order valence-electron chi connectivity index (χ0n) is 13.4. The van der Waals surface area contributed by atoms with Gasteiger partial charge in [-0.2, -0.15) is 0 Å². The molecule has 1 aliphatic heterocycles. The lowest BCUT2D eigenvalue weighted by molar-refractivity contribution is -0.162. The summed E-state index contributed by atoms with van der Waals surface area (Å²) >= 11 is 5.87. The number of fused-ring (bicyclic) bond motifs is 1. The molecule has 1 amide bonds. The third-order valence-electron chi connectivity index (χ3n) is 3.53. The molecular formula is C18H16ClNO5. The highest BCUT2D eigenvalue weighted by molar-refractivity contribution is 6.30. The van der Waals surface area contributed by atoms with Crippen LogP contribution in [-0.2, 0) is 14.3 Å². The molecule has 0 aromatic heterocycles. The number of carbonyl (C=O) groups excluding carboxylic acids is 2. The maximum absolute atomic E-state index is 12.2. The van der Waals surface area contributed by atoms with E-state index in [0.29, 0.717) is 22.2 Å². The minimum atomic E-state index is -0.993. The second-order valence-corrected chi connectivity index (χ2v) is 5.88. The predicted molar refractivity (Wildman–Crippen MR) is 92.0 cm³/mol. The summed E-state index contributed by atoms with van der Waals surface area (Å²) in [6, 6.07) is 13.7. The van der Waals surface area contributed by atoms with Crippen LogP contribution in [0.5, 0.6) is 11.5 Å². The average Bonchev–Trinajstić information content (AvgIpc) is 2.61. The molecule has 2 aromatic carbocycles. The number of nitrogens with one attached hydrogen (secondary N) is 1. The Balaban J connectivity index is 1.56. The summed E-state index contributed by atoms with van der Waals surface area (Å²) in [6.07, 6.45) is -1.91. The van der Waals surface area contributed by atoms with E-state index in [-0.39, 0.29) is 6.61 Å². The van der Waals surface area contributed by atoms with E-state index in [0.717, 1.165) is 0 Å². The highest BCUT2D eigenvalue weighted by Gasteiger charge is 2.31. The molecule has 2 atom stereocenters. The summed E-state index contributed by atoms with van der Waals surface area (Å²) in [5.74, 6) is -0.0963. The first-order valence-electron chi connectivity index (χ1n) is 7.68. The lowest BCUT2D eigenvalue weighted by Gasteiger charge is -2.25. The van der Waals surface area contributed by atoms with Crippen molar-refractivity contribution in [3.63, 3.8) is 0 Å². The summed E-state index contributed by atoms with van der Waals surface area (Å²) in [4.78, 5) is 24.3. The number of benzene rings is 2. The van der Waals surface area contributed by atoms with Crippen LogP contribution >= 0.6 is 11.6 Å². The molecule has 0 saturated heterocycles. The molecule has 1 aliphatic rings. The van der Waals surface area contributed by atoms with E-state index < -0.39 is 24.1 Å². The number of ether oxygens (including phenoxy) is 3. The third-order valence-corrected chi connectivity index (χ3v) is 3.76. The van der Waals surface area contributed by atoms with Crippen molar-refractivity contribution in [3.05, 3.63) is 53.6 Å². The van der Waals surface area contributed by atoms with Crippen molar-refractivity contribution in [1.29, 1.82) is 0 Å². The number of halogens is 1. The number of carbonyl (C=O) groups is 2. The van der Waals surface area contributed by atoms with E-state index in [2.05, 4.69) is 5.32 Å². The highest BCUT2D eigenvalue weighted by atomic mass is 35.5. The van der Waals surface area contributed by atoms with Crippen LogP contribution in [0.4, 0.5) is 5.69 Å². The first-order chi connectivity index (χ1) is 12.0. The van der Waals surface area contributed by atoms with Crippen LogP contribution in [0.1, 0.15) is 6.92 Å². The summed E-state index contributed by atoms with van der Waals surface area (Å²) in [6.45, 7) is 1.51. The van der Waals surface area contributed by atoms with E-state index in [1.165, 1.54) is 6.92 Å². The van der Waals surface area contributed by atoms with Gasteiger partial charge in [0.1, 0.15) is 6.61 Å². The standard InChI is InChI=1S/C18H16ClNO5/c1-11(17(21)20-13-6-4-5-12(19)9-13)24-18(22)16-10-23-14-7-2-3-8-15(14)25-16/h2-9,11,16H,10H2,1H3,(H,20,21). The molecule has 0 fully saturated rings. The van der Waals surface area contributed by atoms with E-state index in [1.54, 1.807) is 42.5 Å². The van der Waals surface area contributed by atoms with E-state index in [1.807, 2.05) is 6.07 Å². The molecule has 0 radical (unpaired) electrons. The van der Waals surface area contributed by atoms with Crippen LogP contribution in [0.15, 0.2) is 48.5 Å². The van der Waals surface area contributed by atoms with Crippen LogP contribution in [0.3, 0.4) is 0 Å². The molecule has 2 aromatic rings. The Morgan fingerprint density at radius 2 is 1.96 bits per heavy atom. The number of rotatable bonds is 4. The minimum Gasteiger partial charge on any atom is -0.485 e. The lowest BCUT2D eigenvalue weighted by atomic mass is 10.2. The van der Waals surface area contributed by atoms with Crippen LogP contribution < -0.4 is 14.8 Å². The Morgan fingerprint density at radius 1 is 1.20 bits per heavy atom. The highest BCUT2D eigenvalue weighted by Crippen LogP contribution is 2.31. The largest absolute Gasteiger partial charge is 0.485 e. The first-order valence-corrected chi connectivity index (χ1v) is 8.06. The van der Waals surface area contributed by atoms with Gasteiger partial charge in [-0.15, -0.1) is 0 Å². The molecule has 0 saturated carbocycles. The van der Waals surface area contributed by atoms with Crippen molar-refractivity contribution in [2.24, 2.45) is 0 Å². The fourth-order valence-electron chi connectivity index (χ4n) is 2.25. The van der Waals surface area contributed by atoms with Crippen molar-refractivity contribution < 1.29 is 23.8 Å². The number of hydrogen-bond acceptors (Lipinski definition) is 5. The number of hydrogen-bond donors (Lipinski definition) is 1. The SMILES string of the molecule is CC(OC(=O)C1COc2ccccc2O1)C(=O)Nc1cccc(Cl)c1. The molecule has 2 unspecified atom stereocenters. The number of para-hydroxylation sites is 2. The molecule has 25 heavy (non-hydrogen) atoms. The van der Waals surface area contributed by atoms with E-state index in [4.69, 9.17) is 25.8 Å². The van der Waals surface area contributed by atoms with Gasteiger partial charge in [0.05, 0.1) is 0 Å². The molecule has 1 heterocycles. The average molecular weight is 362 g/mol. The molecule has 0 bridgehead atoms. The molecule has 0 aliphatic carbocycles. The normalized spacial score (nSPS) is 16.6. The Morgan fingerprint density at radius 3 is 2.72 bits per heavy atom. The fourth-order valence-corrected chi connectivity index (χ4v) is 2.44. The van der Waals surface area contributed by atoms with Gasteiger partial charge in [0, 0.05) is 10.7 Å². The van der Waals surface area contributed by atoms with Crippen LogP contribution in [-0.4, -0.2) is 30.7 Å². The van der Waals surface area contributed by atoms with Gasteiger partial charge in [0.2, 0.25) is 6.10 Å². The second-order valence-electron chi connectivity index (χ2n) is 5.44. The molecule has 1 N–H and O–H groups in total. The van der Waals surface area contributed by atoms with Crippen molar-refractivity contribution in [2.45, 2.75) is 19.1 Å². The minimum absolute atomic E-state index is 0.0263. The van der Waals surface area contributed by atoms with Gasteiger partial charge in [-0.25, -0.2) is 4.79 Å². The quantitative estimate of drug-likeness (QED) is 0.847. The van der Waals surface area contributed by atoms with Gasteiger partial charge in [-0.05, 0) is 37.3 Å². The molecular weight excluding hydrogens is 346 g/mol. The third kappa shape index (κ3) is 4.22. The monoisotopic (exact) mass is 361 g/mol. The number of esters is 1. The molecule has 130 valence electrons. The van der Waals surface area contributed by atoms with Crippen molar-refractivity contribution in [3.8, 4) is 11.5 Å². The fraction of sp³-hybridized carbons (Fsp3) is 0.222. The Labute approximate surface area is 149 Å². The zero-order chi connectivity index (χ0) is 17.8. The number of anilines is 1. The molecule has 6 nitrogen and oxygen atoms in total. The van der Waals surface area contributed by atoms with E-state index in [9.17, 15) is 9.59 Å². The Hall–Kier alpha value is -2.73. The van der Waals surface area contributed by atoms with Gasteiger partial charge < -0.3 is 19.5 Å². The van der Waals surface area contributed by atoms with Crippen molar-refractivity contribution in [1.82, 2.24) is 0 Å². The summed E-state index contributed by atoms with van der Waals surface area (Å²) in [7, 11) is 0. The van der Waals surface area contributed by atoms with Gasteiger partial charge in [0.25, 0.3) is 5.91 Å². The van der Waals surface area contributed by atoms with Crippen LogP contribution in [0.25, 0.3) is 0 Å². The lowest BCUT2D eigenvalue weighted by Crippen LogP contribution is -2.41. The molecule has 0 spiro atoms. The van der Waals surface area contributed by atoms with Gasteiger partial charge in [-0.3, -0.25) is 4.79 Å². The first kappa shape index (κ1) is 17.1. The van der Waals surface area contributed by atoms with Crippen LogP contribution in [0, 0.1) is 0 Å². The maximum atomic E-state index is 12.2. The maximum Gasteiger partial charge on any atom is 0.351 e. The summed E-state index contributed by atoms with van der Waals surface area (Å²) < 4.78 is 16.2. The predicted octanol–water partition coefficient (Wildman–Crippen LogP) is 3.05. The Kier molecular flexibility index (Phi) is 5.09. The molecule has 7 heteroatoms. The van der Waals surface area contributed by atoms with Gasteiger partial charge >= 0.3 is 5.97 Å². The zero-order valence-corrected chi connectivity index (χ0v) is 14.2. The smallest absolute Gasteiger partial charge is 0.351 e. The van der Waals surface area contributed by atoms with Crippen molar-refractivity contribution in [2.75, 3.05) is 11.9 Å². The van der Waals surface area contributed by atoms with Gasteiger partial charge in [-0.1, -0.05) is 29.8 Å². The summed E-state index contributed by atoms with van der Waals surface area (Å²) in [5, 5.41) is 3.13. The van der Waals surface area contributed by atoms with Crippen LogP contribution in [0.2, 0.25) is 5.02 Å². The topological polar surface area (TPSA) is 73.9 Å². The second kappa shape index (κ2) is 7.44. The van der Waals surface area contributed by atoms with Crippen molar-refractivity contribution >= 4 is 29.2 Å². The van der Waals surface area contributed by atoms with E-state index >= 15 is 0 Å². The number of amides is 1. The summed E-state index contributed by atoms with van der Waals surface area (Å²) in [5.41, 5.74) is 0.520. The Bertz CT molecular complexity index is 795. The molecule has 3 rings (SSSR count). The van der Waals surface area contributed by atoms with Gasteiger partial charge in [0.15, 0.2) is 17.6 Å².